The van der Waals surface area contributed by atoms with Gasteiger partial charge in [-0.15, -0.1) is 11.3 Å². The molecule has 2 aromatic carbocycles. The van der Waals surface area contributed by atoms with Crippen LogP contribution >= 0.6 is 22.9 Å². The van der Waals surface area contributed by atoms with Crippen molar-refractivity contribution < 1.29 is 0 Å². The third kappa shape index (κ3) is 5.20. The maximum Gasteiger partial charge on any atom is 0.354 e. The van der Waals surface area contributed by atoms with Gasteiger partial charge in [0.2, 0.25) is 5.95 Å². The minimum atomic E-state index is -0.605. The topological polar surface area (TPSA) is 94.2 Å². The SMILES string of the molecule is CCc1nc2ccc(Nc3nc(=O)n(CCC=NC)c(=O)n3Cc3ccc(Cl)cc3)cc2s1. The van der Waals surface area contributed by atoms with Gasteiger partial charge in [-0.3, -0.25) is 4.57 Å². The van der Waals surface area contributed by atoms with Crippen molar-refractivity contribution >= 4 is 51.0 Å². The van der Waals surface area contributed by atoms with E-state index in [1.54, 1.807) is 36.7 Å². The van der Waals surface area contributed by atoms with Crippen molar-refractivity contribution in [2.75, 3.05) is 12.4 Å². The highest BCUT2D eigenvalue weighted by molar-refractivity contribution is 7.18. The van der Waals surface area contributed by atoms with E-state index in [-0.39, 0.29) is 19.0 Å². The smallest absolute Gasteiger partial charge is 0.325 e. The second-order valence-electron chi connectivity index (χ2n) is 7.36. The Labute approximate surface area is 199 Å². The van der Waals surface area contributed by atoms with Gasteiger partial charge in [0.15, 0.2) is 0 Å². The number of nitrogens with zero attached hydrogens (tertiary/aromatic N) is 5. The van der Waals surface area contributed by atoms with Crippen molar-refractivity contribution in [3.05, 3.63) is 79.0 Å². The van der Waals surface area contributed by atoms with E-state index in [4.69, 9.17) is 11.6 Å². The Kier molecular flexibility index (Phi) is 7.00. The molecule has 0 fully saturated rings. The Balaban J connectivity index is 1.75. The number of nitrogens with one attached hydrogen (secondary N) is 1. The predicted octanol–water partition coefficient (Wildman–Crippen LogP) is 4.11. The van der Waals surface area contributed by atoms with Gasteiger partial charge in [0.25, 0.3) is 0 Å². The number of fused-ring (bicyclic) bond motifs is 1. The van der Waals surface area contributed by atoms with Crippen molar-refractivity contribution in [1.29, 1.82) is 0 Å². The number of aryl methyl sites for hydroxylation is 1. The molecule has 10 heteroatoms. The summed E-state index contributed by atoms with van der Waals surface area (Å²) in [7, 11) is 1.65. The normalized spacial score (nSPS) is 11.5. The molecule has 170 valence electrons. The first-order valence-electron chi connectivity index (χ1n) is 10.5. The summed E-state index contributed by atoms with van der Waals surface area (Å²) in [6.07, 6.45) is 2.99. The fourth-order valence-electron chi connectivity index (χ4n) is 3.38. The van der Waals surface area contributed by atoms with E-state index in [0.717, 1.165) is 37.5 Å². The quantitative estimate of drug-likeness (QED) is 0.381. The number of aromatic nitrogens is 4. The van der Waals surface area contributed by atoms with Crippen LogP contribution in [0.4, 0.5) is 11.6 Å². The molecule has 0 atom stereocenters. The van der Waals surface area contributed by atoms with E-state index >= 15 is 0 Å². The third-order valence-electron chi connectivity index (χ3n) is 5.06. The van der Waals surface area contributed by atoms with Crippen LogP contribution in [0.2, 0.25) is 5.02 Å². The first-order valence-corrected chi connectivity index (χ1v) is 11.7. The predicted molar refractivity (Wildman–Crippen MR) is 135 cm³/mol. The minimum Gasteiger partial charge on any atom is -0.325 e. The number of anilines is 2. The number of halogens is 1. The zero-order chi connectivity index (χ0) is 23.4. The van der Waals surface area contributed by atoms with Gasteiger partial charge in [-0.1, -0.05) is 30.7 Å². The van der Waals surface area contributed by atoms with Crippen molar-refractivity contribution in [3.63, 3.8) is 0 Å². The fraction of sp³-hybridized carbons (Fsp3) is 0.261. The van der Waals surface area contributed by atoms with Gasteiger partial charge in [-0.2, -0.15) is 4.98 Å². The lowest BCUT2D eigenvalue weighted by Crippen LogP contribution is -2.42. The molecule has 4 aromatic rings. The lowest BCUT2D eigenvalue weighted by Gasteiger charge is -2.15. The average Bonchev–Trinajstić information content (AvgIpc) is 3.22. The van der Waals surface area contributed by atoms with Crippen LogP contribution in [0.3, 0.4) is 0 Å². The Morgan fingerprint density at radius 2 is 1.91 bits per heavy atom. The van der Waals surface area contributed by atoms with Crippen LogP contribution in [0, 0.1) is 0 Å². The van der Waals surface area contributed by atoms with Crippen LogP contribution in [-0.2, 0) is 19.5 Å². The van der Waals surface area contributed by atoms with Gasteiger partial charge < -0.3 is 10.3 Å². The molecule has 0 spiro atoms. The maximum absolute atomic E-state index is 13.3. The molecule has 2 aromatic heterocycles. The largest absolute Gasteiger partial charge is 0.354 e. The monoisotopic (exact) mass is 482 g/mol. The highest BCUT2D eigenvalue weighted by Crippen LogP contribution is 2.26. The lowest BCUT2D eigenvalue weighted by molar-refractivity contribution is 0.565. The molecule has 4 rings (SSSR count). The molecular weight excluding hydrogens is 460 g/mol. The van der Waals surface area contributed by atoms with Gasteiger partial charge in [-0.05, 0) is 42.3 Å². The lowest BCUT2D eigenvalue weighted by atomic mass is 10.2. The Bertz CT molecular complexity index is 1420. The highest BCUT2D eigenvalue weighted by Gasteiger charge is 2.14. The van der Waals surface area contributed by atoms with Crippen LogP contribution in [0.25, 0.3) is 10.2 Å². The molecule has 0 unspecified atom stereocenters. The summed E-state index contributed by atoms with van der Waals surface area (Å²) in [5.74, 6) is 0.180. The molecule has 0 aliphatic carbocycles. The average molecular weight is 483 g/mol. The van der Waals surface area contributed by atoms with Gasteiger partial charge in [0.05, 0.1) is 21.8 Å². The second-order valence-corrected chi connectivity index (χ2v) is 8.91. The summed E-state index contributed by atoms with van der Waals surface area (Å²) < 4.78 is 3.61. The van der Waals surface area contributed by atoms with Crippen LogP contribution < -0.4 is 16.7 Å². The van der Waals surface area contributed by atoms with Crippen molar-refractivity contribution in [2.45, 2.75) is 32.9 Å². The molecule has 0 saturated heterocycles. The highest BCUT2D eigenvalue weighted by atomic mass is 35.5. The third-order valence-corrected chi connectivity index (χ3v) is 6.47. The van der Waals surface area contributed by atoms with Gasteiger partial charge in [0.1, 0.15) is 0 Å². The van der Waals surface area contributed by atoms with Gasteiger partial charge in [0, 0.05) is 36.9 Å². The standard InChI is InChI=1S/C23H23ClN6O2S/c1-3-20-27-18-10-9-17(13-19(18)33-20)26-21-28-22(31)29(12-4-11-25-2)23(32)30(21)14-15-5-7-16(24)8-6-15/h5-11,13H,3-4,12,14H2,1-2H3,(H,26,28,31). The summed E-state index contributed by atoms with van der Waals surface area (Å²) in [5, 5.41) is 4.83. The Hall–Kier alpha value is -3.30. The molecule has 0 amide bonds. The van der Waals surface area contributed by atoms with Crippen LogP contribution in [0.1, 0.15) is 23.9 Å². The molecule has 1 N–H and O–H groups in total. The van der Waals surface area contributed by atoms with E-state index in [1.807, 2.05) is 30.3 Å². The van der Waals surface area contributed by atoms with Crippen molar-refractivity contribution in [1.82, 2.24) is 19.1 Å². The van der Waals surface area contributed by atoms with E-state index in [1.165, 1.54) is 4.57 Å². The number of hydrogen-bond donors (Lipinski definition) is 1. The minimum absolute atomic E-state index is 0.180. The first kappa shape index (κ1) is 22.9. The number of thiazole rings is 1. The number of hydrogen-bond acceptors (Lipinski definition) is 7. The molecule has 0 bridgehead atoms. The van der Waals surface area contributed by atoms with Crippen LogP contribution in [-0.4, -0.2) is 32.4 Å². The summed E-state index contributed by atoms with van der Waals surface area (Å²) in [4.78, 5) is 38.7. The number of benzene rings is 2. The van der Waals surface area contributed by atoms with Crippen molar-refractivity contribution in [2.24, 2.45) is 4.99 Å². The van der Waals surface area contributed by atoms with Crippen LogP contribution in [0.5, 0.6) is 0 Å². The molecule has 0 aliphatic heterocycles. The number of rotatable bonds is 8. The van der Waals surface area contributed by atoms with E-state index in [9.17, 15) is 9.59 Å². The molecule has 0 radical (unpaired) electrons. The summed E-state index contributed by atoms with van der Waals surface area (Å²) in [6, 6.07) is 12.9. The van der Waals surface area contributed by atoms with Gasteiger partial charge >= 0.3 is 11.4 Å². The maximum atomic E-state index is 13.3. The van der Waals surface area contributed by atoms with E-state index < -0.39 is 11.4 Å². The molecule has 8 nitrogen and oxygen atoms in total. The van der Waals surface area contributed by atoms with Crippen molar-refractivity contribution in [3.8, 4) is 0 Å². The molecule has 2 heterocycles. The summed E-state index contributed by atoms with van der Waals surface area (Å²) >= 11 is 7.63. The Morgan fingerprint density at radius 3 is 2.64 bits per heavy atom. The molecular formula is C23H23ClN6O2S. The summed E-state index contributed by atoms with van der Waals surface area (Å²) in [6.45, 7) is 2.50. The summed E-state index contributed by atoms with van der Waals surface area (Å²) in [5.41, 5.74) is 1.45. The van der Waals surface area contributed by atoms with Crippen LogP contribution in [0.15, 0.2) is 57.0 Å². The zero-order valence-corrected chi connectivity index (χ0v) is 19.9. The van der Waals surface area contributed by atoms with Gasteiger partial charge in [-0.25, -0.2) is 19.1 Å². The Morgan fingerprint density at radius 1 is 1.12 bits per heavy atom. The fourth-order valence-corrected chi connectivity index (χ4v) is 4.45. The van der Waals surface area contributed by atoms with E-state index in [0.29, 0.717) is 11.4 Å². The van der Waals surface area contributed by atoms with E-state index in [2.05, 4.69) is 27.2 Å². The molecule has 33 heavy (non-hydrogen) atoms. The number of aliphatic imine (C=N–C) groups is 1. The molecule has 0 aliphatic rings. The molecule has 0 saturated carbocycles. The second kappa shape index (κ2) is 10.1. The first-order chi connectivity index (χ1) is 16.0. The zero-order valence-electron chi connectivity index (χ0n) is 18.3.